The number of halogens is 2. The minimum atomic E-state index is -3.70. The highest BCUT2D eigenvalue weighted by Gasteiger charge is 2.22. The van der Waals surface area contributed by atoms with Crippen LogP contribution >= 0.6 is 15.9 Å². The Kier molecular flexibility index (Phi) is 5.42. The SMILES string of the molecule is Cc1ccc(F)cc1NC(=O)c1ccc(Br)c(S(=O)(=O)N(C)C)c1. The highest BCUT2D eigenvalue weighted by molar-refractivity contribution is 9.10. The average Bonchev–Trinajstić information content (AvgIpc) is 2.50. The Hall–Kier alpha value is -1.77. The second-order valence-electron chi connectivity index (χ2n) is 5.35. The molecule has 0 heterocycles. The van der Waals surface area contributed by atoms with Crippen LogP contribution in [0.4, 0.5) is 10.1 Å². The topological polar surface area (TPSA) is 66.5 Å². The van der Waals surface area contributed by atoms with Crippen molar-refractivity contribution in [2.24, 2.45) is 0 Å². The van der Waals surface area contributed by atoms with Crippen LogP contribution in [0.3, 0.4) is 0 Å². The summed E-state index contributed by atoms with van der Waals surface area (Å²) in [6.07, 6.45) is 0. The number of hydrogen-bond donors (Lipinski definition) is 1. The number of hydrogen-bond acceptors (Lipinski definition) is 3. The molecule has 0 aromatic heterocycles. The summed E-state index contributed by atoms with van der Waals surface area (Å²) in [5.41, 5.74) is 1.19. The fourth-order valence-electron chi connectivity index (χ4n) is 1.96. The first kappa shape index (κ1) is 18.6. The average molecular weight is 415 g/mol. The van der Waals surface area contributed by atoms with Crippen LogP contribution in [0.15, 0.2) is 45.8 Å². The highest BCUT2D eigenvalue weighted by Crippen LogP contribution is 2.26. The number of nitrogens with zero attached hydrogens (tertiary/aromatic N) is 1. The number of amides is 1. The molecular formula is C16H16BrFN2O3S. The second kappa shape index (κ2) is 7.00. The van der Waals surface area contributed by atoms with Gasteiger partial charge in [0.15, 0.2) is 0 Å². The lowest BCUT2D eigenvalue weighted by molar-refractivity contribution is 0.102. The van der Waals surface area contributed by atoms with E-state index in [1.807, 2.05) is 0 Å². The molecule has 0 saturated heterocycles. The van der Waals surface area contributed by atoms with Crippen molar-refractivity contribution >= 4 is 37.5 Å². The molecule has 8 heteroatoms. The Bertz CT molecular complexity index is 898. The minimum Gasteiger partial charge on any atom is -0.322 e. The molecule has 2 aromatic carbocycles. The van der Waals surface area contributed by atoms with Gasteiger partial charge in [0.05, 0.1) is 4.90 Å². The van der Waals surface area contributed by atoms with Gasteiger partial charge in [0.1, 0.15) is 5.82 Å². The van der Waals surface area contributed by atoms with E-state index in [1.54, 1.807) is 13.0 Å². The van der Waals surface area contributed by atoms with Crippen LogP contribution in [0.1, 0.15) is 15.9 Å². The monoisotopic (exact) mass is 414 g/mol. The van der Waals surface area contributed by atoms with Gasteiger partial charge in [-0.3, -0.25) is 4.79 Å². The molecule has 0 aliphatic heterocycles. The quantitative estimate of drug-likeness (QED) is 0.833. The fourth-order valence-corrected chi connectivity index (χ4v) is 3.81. The third-order valence-corrected chi connectivity index (χ3v) is 6.21. The molecule has 0 aliphatic rings. The van der Waals surface area contributed by atoms with Gasteiger partial charge in [0.2, 0.25) is 10.0 Å². The van der Waals surface area contributed by atoms with Gasteiger partial charge in [-0.1, -0.05) is 6.07 Å². The third-order valence-electron chi connectivity index (χ3n) is 3.40. The van der Waals surface area contributed by atoms with Gasteiger partial charge >= 0.3 is 0 Å². The summed E-state index contributed by atoms with van der Waals surface area (Å²) in [5, 5.41) is 2.59. The molecule has 5 nitrogen and oxygen atoms in total. The number of nitrogens with one attached hydrogen (secondary N) is 1. The van der Waals surface area contributed by atoms with Gasteiger partial charge in [-0.2, -0.15) is 0 Å². The molecule has 0 fully saturated rings. The van der Waals surface area contributed by atoms with E-state index >= 15 is 0 Å². The maximum absolute atomic E-state index is 13.3. The molecule has 0 saturated carbocycles. The van der Waals surface area contributed by atoms with E-state index in [4.69, 9.17) is 0 Å². The van der Waals surface area contributed by atoms with E-state index in [0.717, 1.165) is 4.31 Å². The van der Waals surface area contributed by atoms with Crippen molar-refractivity contribution in [1.29, 1.82) is 0 Å². The molecular weight excluding hydrogens is 399 g/mol. The first-order valence-corrected chi connectivity index (χ1v) is 9.16. The molecule has 0 atom stereocenters. The Morgan fingerprint density at radius 2 is 1.83 bits per heavy atom. The summed E-state index contributed by atoms with van der Waals surface area (Å²) in [7, 11) is -0.890. The Morgan fingerprint density at radius 1 is 1.17 bits per heavy atom. The van der Waals surface area contributed by atoms with Crippen molar-refractivity contribution in [2.45, 2.75) is 11.8 Å². The minimum absolute atomic E-state index is 0.0175. The van der Waals surface area contributed by atoms with Crippen molar-refractivity contribution in [1.82, 2.24) is 4.31 Å². The predicted molar refractivity (Wildman–Crippen MR) is 94.1 cm³/mol. The fraction of sp³-hybridized carbons (Fsp3) is 0.188. The number of sulfonamides is 1. The molecule has 0 aliphatic carbocycles. The van der Waals surface area contributed by atoms with Crippen LogP contribution in [0.5, 0.6) is 0 Å². The van der Waals surface area contributed by atoms with Crippen LogP contribution in [0.2, 0.25) is 0 Å². The summed E-state index contributed by atoms with van der Waals surface area (Å²) in [6.45, 7) is 1.73. The van der Waals surface area contributed by atoms with Crippen molar-refractivity contribution in [3.8, 4) is 0 Å². The zero-order valence-electron chi connectivity index (χ0n) is 13.3. The zero-order chi connectivity index (χ0) is 18.1. The van der Waals surface area contributed by atoms with E-state index in [2.05, 4.69) is 21.2 Å². The summed E-state index contributed by atoms with van der Waals surface area (Å²) in [4.78, 5) is 12.4. The lowest BCUT2D eigenvalue weighted by Gasteiger charge is -2.14. The van der Waals surface area contributed by atoms with E-state index in [1.165, 1.54) is 44.4 Å². The molecule has 0 radical (unpaired) electrons. The summed E-state index contributed by atoms with van der Waals surface area (Å²) < 4.78 is 39.3. The normalized spacial score (nSPS) is 11.6. The van der Waals surface area contributed by atoms with Crippen molar-refractivity contribution in [2.75, 3.05) is 19.4 Å². The van der Waals surface area contributed by atoms with Gasteiger partial charge in [-0.05, 0) is 58.7 Å². The van der Waals surface area contributed by atoms with Crippen LogP contribution in [0, 0.1) is 12.7 Å². The van der Waals surface area contributed by atoms with E-state index in [0.29, 0.717) is 15.7 Å². The van der Waals surface area contributed by atoms with E-state index < -0.39 is 21.7 Å². The first-order valence-electron chi connectivity index (χ1n) is 6.92. The molecule has 0 unspecified atom stereocenters. The Labute approximate surface area is 148 Å². The number of benzene rings is 2. The number of carbonyl (C=O) groups excluding carboxylic acids is 1. The number of anilines is 1. The van der Waals surface area contributed by atoms with Gasteiger partial charge in [0, 0.05) is 29.8 Å². The van der Waals surface area contributed by atoms with Crippen molar-refractivity contribution < 1.29 is 17.6 Å². The molecule has 1 N–H and O–H groups in total. The second-order valence-corrected chi connectivity index (χ2v) is 8.32. The molecule has 1 amide bonds. The van der Waals surface area contributed by atoms with Crippen LogP contribution in [-0.4, -0.2) is 32.7 Å². The van der Waals surface area contributed by atoms with E-state index in [-0.39, 0.29) is 10.5 Å². The number of carbonyl (C=O) groups is 1. The zero-order valence-corrected chi connectivity index (χ0v) is 15.7. The lowest BCUT2D eigenvalue weighted by atomic mass is 10.1. The van der Waals surface area contributed by atoms with Crippen LogP contribution in [0.25, 0.3) is 0 Å². The maximum atomic E-state index is 13.3. The van der Waals surface area contributed by atoms with Gasteiger partial charge in [0.25, 0.3) is 5.91 Å². The standard InChI is InChI=1S/C16H16BrFN2O3S/c1-10-4-6-12(18)9-14(10)19-16(21)11-5-7-13(17)15(8-11)24(22,23)20(2)3/h4-9H,1-3H3,(H,19,21). The van der Waals surface area contributed by atoms with Crippen molar-refractivity contribution in [3.05, 3.63) is 57.8 Å². The van der Waals surface area contributed by atoms with E-state index in [9.17, 15) is 17.6 Å². The third kappa shape index (κ3) is 3.82. The molecule has 0 spiro atoms. The number of rotatable bonds is 4. The Morgan fingerprint density at radius 3 is 2.46 bits per heavy atom. The summed E-state index contributed by atoms with van der Waals surface area (Å²) >= 11 is 3.18. The first-order chi connectivity index (χ1) is 11.1. The highest BCUT2D eigenvalue weighted by atomic mass is 79.9. The van der Waals surface area contributed by atoms with Gasteiger partial charge in [-0.25, -0.2) is 17.1 Å². The van der Waals surface area contributed by atoms with Crippen molar-refractivity contribution in [3.63, 3.8) is 0 Å². The summed E-state index contributed by atoms with van der Waals surface area (Å²) in [5.74, 6) is -0.992. The van der Waals surface area contributed by atoms with Gasteiger partial charge < -0.3 is 5.32 Å². The number of aryl methyl sites for hydroxylation is 1. The molecule has 2 aromatic rings. The van der Waals surface area contributed by atoms with Crippen LogP contribution in [-0.2, 0) is 10.0 Å². The summed E-state index contributed by atoms with van der Waals surface area (Å²) in [6, 6.07) is 8.32. The molecule has 24 heavy (non-hydrogen) atoms. The maximum Gasteiger partial charge on any atom is 0.255 e. The van der Waals surface area contributed by atoms with Gasteiger partial charge in [-0.15, -0.1) is 0 Å². The largest absolute Gasteiger partial charge is 0.322 e. The molecule has 128 valence electrons. The smallest absolute Gasteiger partial charge is 0.255 e. The predicted octanol–water partition coefficient (Wildman–Crippen LogP) is 3.40. The Balaban J connectivity index is 2.39. The lowest BCUT2D eigenvalue weighted by Crippen LogP contribution is -2.23. The van der Waals surface area contributed by atoms with Crippen LogP contribution < -0.4 is 5.32 Å². The molecule has 2 rings (SSSR count). The molecule has 0 bridgehead atoms.